The lowest BCUT2D eigenvalue weighted by molar-refractivity contribution is -0.122. The molecule has 1 aliphatic rings. The van der Waals surface area contributed by atoms with E-state index < -0.39 is 12.1 Å². The molecule has 0 saturated heterocycles. The molecule has 8 heteroatoms. The third-order valence-corrected chi connectivity index (χ3v) is 6.40. The van der Waals surface area contributed by atoms with Crippen LogP contribution in [0.4, 0.5) is 0 Å². The van der Waals surface area contributed by atoms with Crippen molar-refractivity contribution >= 4 is 11.7 Å². The Morgan fingerprint density at radius 1 is 1.03 bits per heavy atom. The van der Waals surface area contributed by atoms with Crippen LogP contribution in [0.3, 0.4) is 0 Å². The van der Waals surface area contributed by atoms with Gasteiger partial charge in [-0.05, 0) is 60.2 Å². The molecule has 8 nitrogen and oxygen atoms in total. The van der Waals surface area contributed by atoms with E-state index in [1.807, 2.05) is 30.3 Å². The molecule has 4 N–H and O–H groups in total. The summed E-state index contributed by atoms with van der Waals surface area (Å²) in [4.78, 5) is 23.1. The van der Waals surface area contributed by atoms with Crippen molar-refractivity contribution < 1.29 is 28.9 Å². The summed E-state index contributed by atoms with van der Waals surface area (Å²) < 4.78 is 16.4. The van der Waals surface area contributed by atoms with Gasteiger partial charge in [0, 0.05) is 19.5 Å². The number of unbranched alkanes of at least 4 members (excludes halogenated alkanes) is 2. The van der Waals surface area contributed by atoms with Crippen LogP contribution in [0.15, 0.2) is 42.5 Å². The molecule has 3 rings (SSSR count). The number of ether oxygens (including phenoxy) is 3. The number of nitrogens with one attached hydrogen (secondary N) is 2. The van der Waals surface area contributed by atoms with Crippen LogP contribution in [-0.4, -0.2) is 61.0 Å². The van der Waals surface area contributed by atoms with Gasteiger partial charge in [-0.25, -0.2) is 0 Å². The summed E-state index contributed by atoms with van der Waals surface area (Å²) in [6, 6.07) is 12.2. The number of methoxy groups -OCH3 is 1. The van der Waals surface area contributed by atoms with Crippen LogP contribution in [0.5, 0.6) is 17.2 Å². The number of aliphatic hydroxyl groups is 1. The minimum atomic E-state index is -0.904. The Morgan fingerprint density at radius 2 is 1.71 bits per heavy atom. The molecule has 0 saturated carbocycles. The molecule has 2 aromatic carbocycles. The van der Waals surface area contributed by atoms with E-state index in [-0.39, 0.29) is 11.3 Å². The van der Waals surface area contributed by atoms with E-state index in [4.69, 9.17) is 14.2 Å². The first-order valence-corrected chi connectivity index (χ1v) is 13.4. The Balaban J connectivity index is 1.49. The fraction of sp³-hybridized carbons (Fsp3) is 0.533. The van der Waals surface area contributed by atoms with Gasteiger partial charge in [0.2, 0.25) is 5.91 Å². The first-order chi connectivity index (χ1) is 18.2. The number of carbonyl (C=O) groups excluding carboxylic acids is 2. The summed E-state index contributed by atoms with van der Waals surface area (Å²) in [5.41, 5.74) is 1.52. The number of hydrogen-bond donors (Lipinski definition) is 3. The average molecular weight is 528 g/mol. The lowest BCUT2D eigenvalue weighted by Gasteiger charge is -2.28. The largest absolute Gasteiger partial charge is 0.497 e. The third-order valence-electron chi connectivity index (χ3n) is 6.40. The Kier molecular flexibility index (Phi) is 11.0. The van der Waals surface area contributed by atoms with Crippen molar-refractivity contribution in [2.24, 2.45) is 5.41 Å². The molecule has 0 aromatic heterocycles. The molecule has 0 fully saturated rings. The highest BCUT2D eigenvalue weighted by molar-refractivity contribution is 5.96. The van der Waals surface area contributed by atoms with E-state index in [2.05, 4.69) is 31.4 Å². The molecule has 38 heavy (non-hydrogen) atoms. The van der Waals surface area contributed by atoms with Crippen LogP contribution in [0.1, 0.15) is 70.1 Å². The third kappa shape index (κ3) is 9.33. The molecule has 2 aromatic rings. The van der Waals surface area contributed by atoms with Crippen LogP contribution < -0.4 is 24.8 Å². The molecular weight excluding hydrogens is 484 g/mol. The molecule has 208 valence electrons. The van der Waals surface area contributed by atoms with Crippen molar-refractivity contribution in [1.82, 2.24) is 10.6 Å². The number of rotatable bonds is 14. The second-order valence-electron chi connectivity index (χ2n) is 10.9. The van der Waals surface area contributed by atoms with Crippen LogP contribution in [0.25, 0.3) is 0 Å². The molecule has 0 spiro atoms. The van der Waals surface area contributed by atoms with E-state index in [0.717, 1.165) is 30.7 Å². The van der Waals surface area contributed by atoms with E-state index in [1.165, 1.54) is 0 Å². The van der Waals surface area contributed by atoms with E-state index in [0.29, 0.717) is 61.9 Å². The molecule has 1 aliphatic heterocycles. The summed E-state index contributed by atoms with van der Waals surface area (Å²) in [5, 5.41) is 17.6. The quantitative estimate of drug-likeness (QED) is 0.193. The minimum Gasteiger partial charge on any atom is -0.497 e. The number of amides is 1. The van der Waals surface area contributed by atoms with Crippen LogP contribution in [0.2, 0.25) is 0 Å². The molecule has 0 bridgehead atoms. The average Bonchev–Trinajstić information content (AvgIpc) is 2.91. The summed E-state index contributed by atoms with van der Waals surface area (Å²) >= 11 is 0. The van der Waals surface area contributed by atoms with E-state index in [1.54, 1.807) is 19.2 Å². The first kappa shape index (κ1) is 29.5. The van der Waals surface area contributed by atoms with Gasteiger partial charge >= 0.3 is 5.78 Å². The highest BCUT2D eigenvalue weighted by Crippen LogP contribution is 2.33. The van der Waals surface area contributed by atoms with Crippen molar-refractivity contribution in [2.75, 3.05) is 33.4 Å². The molecule has 0 unspecified atom stereocenters. The van der Waals surface area contributed by atoms with Gasteiger partial charge in [0.05, 0.1) is 25.1 Å². The molecule has 0 radical (unpaired) electrons. The summed E-state index contributed by atoms with van der Waals surface area (Å²) in [5.74, 6) is 2.25. The summed E-state index contributed by atoms with van der Waals surface area (Å²) in [6.45, 7) is 8.56. The molecule has 1 amide bonds. The van der Waals surface area contributed by atoms with Crippen molar-refractivity contribution in [3.63, 3.8) is 0 Å². The maximum Gasteiger partial charge on any atom is 0.323 e. The van der Waals surface area contributed by atoms with Crippen LogP contribution in [0, 0.1) is 5.41 Å². The Labute approximate surface area is 226 Å². The van der Waals surface area contributed by atoms with Gasteiger partial charge < -0.3 is 30.0 Å². The maximum absolute atomic E-state index is 12.8. The summed E-state index contributed by atoms with van der Waals surface area (Å²) in [6.07, 6.45) is 2.29. The number of fused-ring (bicyclic) bond motifs is 1. The van der Waals surface area contributed by atoms with Crippen molar-refractivity contribution in [2.45, 2.75) is 65.0 Å². The molecule has 0 aliphatic carbocycles. The van der Waals surface area contributed by atoms with Gasteiger partial charge in [-0.3, -0.25) is 9.59 Å². The van der Waals surface area contributed by atoms with Gasteiger partial charge in [0.25, 0.3) is 0 Å². The van der Waals surface area contributed by atoms with Crippen LogP contribution in [-0.2, 0) is 4.79 Å². The standard InChI is InChI=1S/C30H42N2O6/c1-30(2,3)20-31-19-24(29(35)22-12-15-26-27(18-22)38-17-16-37-26)32-28(34)9-7-5-6-8-25(33)21-10-13-23(36-4)14-11-21/h10-15,18,24,29,31,35H,5-9,16-17,19-20H2,1-4H3,(H,32,34)/p+1/t24-,29-/m1/s1. The number of ketones is 1. The summed E-state index contributed by atoms with van der Waals surface area (Å²) in [7, 11) is 1.61. The maximum atomic E-state index is 12.8. The lowest BCUT2D eigenvalue weighted by atomic mass is 9.96. The second kappa shape index (κ2) is 14.2. The Hall–Kier alpha value is -3.10. The zero-order valence-electron chi connectivity index (χ0n) is 23.1. The van der Waals surface area contributed by atoms with Gasteiger partial charge in [0.15, 0.2) is 11.5 Å². The predicted octanol–water partition coefficient (Wildman–Crippen LogP) is 4.16. The zero-order chi connectivity index (χ0) is 27.5. The van der Waals surface area contributed by atoms with Crippen molar-refractivity contribution in [1.29, 1.82) is 0 Å². The number of carbonyl (C=O) groups is 1. The highest BCUT2D eigenvalue weighted by atomic mass is 16.6. The SMILES string of the molecule is COc1ccc(C(=[OH+])CCCCCC(=O)N[C@H](CNCC(C)(C)C)[C@H](O)c2ccc3c(c2)OCCO3)cc1. The van der Waals surface area contributed by atoms with E-state index in [9.17, 15) is 14.7 Å². The fourth-order valence-electron chi connectivity index (χ4n) is 4.28. The predicted molar refractivity (Wildman–Crippen MR) is 149 cm³/mol. The van der Waals surface area contributed by atoms with Crippen LogP contribution >= 0.6 is 0 Å². The normalized spacial score (nSPS) is 14.4. The number of aliphatic hydroxyl groups excluding tert-OH is 1. The van der Waals surface area contributed by atoms with Crippen molar-refractivity contribution in [3.8, 4) is 17.2 Å². The monoisotopic (exact) mass is 527 g/mol. The molecular formula is C30H43N2O6+. The lowest BCUT2D eigenvalue weighted by Crippen LogP contribution is -2.47. The van der Waals surface area contributed by atoms with Gasteiger partial charge in [-0.2, -0.15) is 0 Å². The Bertz CT molecular complexity index is 1050. The first-order valence-electron chi connectivity index (χ1n) is 13.4. The zero-order valence-corrected chi connectivity index (χ0v) is 23.1. The number of benzene rings is 2. The van der Waals surface area contributed by atoms with Gasteiger partial charge in [0.1, 0.15) is 25.1 Å². The Morgan fingerprint density at radius 3 is 2.39 bits per heavy atom. The minimum absolute atomic E-state index is 0.0743. The number of hydrogen-bond acceptors (Lipinski definition) is 6. The van der Waals surface area contributed by atoms with Gasteiger partial charge in [-0.1, -0.05) is 33.3 Å². The smallest absolute Gasteiger partial charge is 0.323 e. The topological polar surface area (TPSA) is 110 Å². The highest BCUT2D eigenvalue weighted by Gasteiger charge is 2.25. The second-order valence-corrected chi connectivity index (χ2v) is 10.9. The fourth-order valence-corrected chi connectivity index (χ4v) is 4.28. The van der Waals surface area contributed by atoms with E-state index >= 15 is 0 Å². The van der Waals surface area contributed by atoms with Crippen molar-refractivity contribution in [3.05, 3.63) is 53.6 Å². The molecule has 2 atom stereocenters. The molecule has 1 heterocycles. The van der Waals surface area contributed by atoms with Gasteiger partial charge in [-0.15, -0.1) is 0 Å².